The third kappa shape index (κ3) is 2.81. The molecule has 1 aliphatic rings. The molecule has 2 rings (SSSR count). The number of nitrogens with two attached hydrogens (primary N) is 1. The Kier molecular flexibility index (Phi) is 3.95. The molecule has 1 aromatic heterocycles. The van der Waals surface area contributed by atoms with Gasteiger partial charge in [0.05, 0.1) is 12.2 Å². The van der Waals surface area contributed by atoms with E-state index in [-0.39, 0.29) is 17.8 Å². The van der Waals surface area contributed by atoms with Crippen LogP contribution < -0.4 is 5.73 Å². The lowest BCUT2D eigenvalue weighted by molar-refractivity contribution is 0.0613. The summed E-state index contributed by atoms with van der Waals surface area (Å²) in [5.41, 5.74) is 5.89. The number of carbonyl (C=O) groups excluding carboxylic acids is 1. The molecule has 0 radical (unpaired) electrons. The van der Waals surface area contributed by atoms with E-state index in [2.05, 4.69) is 25.5 Å². The molecule has 1 unspecified atom stereocenters. The van der Waals surface area contributed by atoms with Crippen LogP contribution in [0.25, 0.3) is 0 Å². The largest absolute Gasteiger partial charge is 0.409 e. The van der Waals surface area contributed by atoms with Crippen molar-refractivity contribution in [3.63, 3.8) is 0 Å². The molecule has 1 saturated heterocycles. The molecule has 1 atom stereocenters. The van der Waals surface area contributed by atoms with Crippen LogP contribution in [0.5, 0.6) is 0 Å². The van der Waals surface area contributed by atoms with Gasteiger partial charge in [-0.25, -0.2) is 0 Å². The lowest BCUT2D eigenvalue weighted by Gasteiger charge is -2.37. The van der Waals surface area contributed by atoms with Crippen LogP contribution in [0.2, 0.25) is 0 Å². The molecule has 0 aliphatic carbocycles. The highest BCUT2D eigenvalue weighted by molar-refractivity contribution is 5.92. The minimum atomic E-state index is -0.144. The SMILES string of the molecule is CC(C(N)=NO)N1CCN(C(=O)c2cn[nH]n2)CC1. The normalized spacial score (nSPS) is 19.4. The molecule has 1 amide bonds. The number of nitrogens with one attached hydrogen (secondary N) is 1. The maximum atomic E-state index is 12.0. The summed E-state index contributed by atoms with van der Waals surface area (Å²) in [6.45, 7) is 4.36. The topological polar surface area (TPSA) is 124 Å². The zero-order chi connectivity index (χ0) is 13.8. The van der Waals surface area contributed by atoms with Gasteiger partial charge >= 0.3 is 0 Å². The van der Waals surface area contributed by atoms with Gasteiger partial charge in [0, 0.05) is 26.2 Å². The summed E-state index contributed by atoms with van der Waals surface area (Å²) in [5.74, 6) is 0.0427. The van der Waals surface area contributed by atoms with Crippen LogP contribution in [0, 0.1) is 0 Å². The smallest absolute Gasteiger partial charge is 0.276 e. The van der Waals surface area contributed by atoms with Gasteiger partial charge in [-0.2, -0.15) is 15.4 Å². The minimum Gasteiger partial charge on any atom is -0.409 e. The second-order valence-corrected chi connectivity index (χ2v) is 4.38. The van der Waals surface area contributed by atoms with Gasteiger partial charge in [0.25, 0.3) is 5.91 Å². The van der Waals surface area contributed by atoms with Gasteiger partial charge in [-0.15, -0.1) is 0 Å². The summed E-state index contributed by atoms with van der Waals surface area (Å²) in [6.07, 6.45) is 1.41. The van der Waals surface area contributed by atoms with E-state index in [4.69, 9.17) is 10.9 Å². The Bertz CT molecular complexity index is 450. The van der Waals surface area contributed by atoms with E-state index in [0.29, 0.717) is 31.9 Å². The van der Waals surface area contributed by atoms with E-state index >= 15 is 0 Å². The van der Waals surface area contributed by atoms with Gasteiger partial charge in [-0.1, -0.05) is 5.16 Å². The van der Waals surface area contributed by atoms with E-state index in [9.17, 15) is 4.79 Å². The van der Waals surface area contributed by atoms with Gasteiger partial charge in [-0.05, 0) is 6.92 Å². The first-order chi connectivity index (χ1) is 9.13. The van der Waals surface area contributed by atoms with Gasteiger partial charge in [0.2, 0.25) is 0 Å². The number of aromatic amines is 1. The number of piperazine rings is 1. The van der Waals surface area contributed by atoms with Crippen LogP contribution in [-0.2, 0) is 0 Å². The van der Waals surface area contributed by atoms with Gasteiger partial charge < -0.3 is 15.8 Å². The fourth-order valence-corrected chi connectivity index (χ4v) is 2.05. The molecule has 0 saturated carbocycles. The number of aromatic nitrogens is 3. The van der Waals surface area contributed by atoms with Crippen molar-refractivity contribution >= 4 is 11.7 Å². The van der Waals surface area contributed by atoms with E-state index in [1.54, 1.807) is 4.90 Å². The van der Waals surface area contributed by atoms with Crippen molar-refractivity contribution < 1.29 is 10.0 Å². The van der Waals surface area contributed by atoms with E-state index in [1.165, 1.54) is 6.20 Å². The Hall–Kier alpha value is -2.16. The highest BCUT2D eigenvalue weighted by Crippen LogP contribution is 2.09. The summed E-state index contributed by atoms with van der Waals surface area (Å²) in [4.78, 5) is 15.8. The fraction of sp³-hybridized carbons (Fsp3) is 0.600. The number of nitrogens with zero attached hydrogens (tertiary/aromatic N) is 5. The number of rotatable bonds is 3. The predicted octanol–water partition coefficient (Wildman–Crippen LogP) is -1.30. The lowest BCUT2D eigenvalue weighted by Crippen LogP contribution is -2.54. The Morgan fingerprint density at radius 2 is 2.21 bits per heavy atom. The molecule has 0 aromatic carbocycles. The Morgan fingerprint density at radius 3 is 2.74 bits per heavy atom. The van der Waals surface area contributed by atoms with Crippen molar-refractivity contribution in [3.8, 4) is 0 Å². The molecule has 9 heteroatoms. The number of oxime groups is 1. The maximum Gasteiger partial charge on any atom is 0.276 e. The zero-order valence-corrected chi connectivity index (χ0v) is 10.7. The first-order valence-corrected chi connectivity index (χ1v) is 6.00. The summed E-state index contributed by atoms with van der Waals surface area (Å²) in [5, 5.41) is 21.5. The third-order valence-corrected chi connectivity index (χ3v) is 3.33. The number of amidine groups is 1. The lowest BCUT2D eigenvalue weighted by atomic mass is 10.2. The summed E-state index contributed by atoms with van der Waals surface area (Å²) in [6, 6.07) is -0.144. The third-order valence-electron chi connectivity index (χ3n) is 3.33. The fourth-order valence-electron chi connectivity index (χ4n) is 2.05. The molecule has 104 valence electrons. The first-order valence-electron chi connectivity index (χ1n) is 6.00. The Labute approximate surface area is 110 Å². The number of carbonyl (C=O) groups is 1. The highest BCUT2D eigenvalue weighted by Gasteiger charge is 2.27. The molecule has 1 aromatic rings. The number of hydrogen-bond acceptors (Lipinski definition) is 6. The van der Waals surface area contributed by atoms with Gasteiger partial charge in [0.15, 0.2) is 11.5 Å². The van der Waals surface area contributed by atoms with E-state index < -0.39 is 0 Å². The second kappa shape index (κ2) is 5.65. The standard InChI is InChI=1S/C10H17N7O2/c1-7(9(11)14-19)16-2-4-17(5-3-16)10(18)8-6-12-15-13-8/h6-7,19H,2-5H2,1H3,(H2,11,14)(H,12,13,15). The van der Waals surface area contributed by atoms with Crippen molar-refractivity contribution in [3.05, 3.63) is 11.9 Å². The van der Waals surface area contributed by atoms with Crippen LogP contribution in [-0.4, -0.2) is 74.4 Å². The molecule has 4 N–H and O–H groups in total. The second-order valence-electron chi connectivity index (χ2n) is 4.38. The number of amides is 1. The quantitative estimate of drug-likeness (QED) is 0.270. The minimum absolute atomic E-state index is 0.134. The molecular formula is C10H17N7O2. The molecule has 19 heavy (non-hydrogen) atoms. The average molecular weight is 267 g/mol. The summed E-state index contributed by atoms with van der Waals surface area (Å²) < 4.78 is 0. The first kappa shape index (κ1) is 13.3. The van der Waals surface area contributed by atoms with Crippen LogP contribution in [0.1, 0.15) is 17.4 Å². The highest BCUT2D eigenvalue weighted by atomic mass is 16.4. The van der Waals surface area contributed by atoms with E-state index in [1.807, 2.05) is 6.92 Å². The molecule has 2 heterocycles. The monoisotopic (exact) mass is 267 g/mol. The van der Waals surface area contributed by atoms with Crippen LogP contribution >= 0.6 is 0 Å². The molecule has 0 spiro atoms. The Morgan fingerprint density at radius 1 is 1.53 bits per heavy atom. The van der Waals surface area contributed by atoms with Crippen molar-refractivity contribution in [2.24, 2.45) is 10.9 Å². The maximum absolute atomic E-state index is 12.0. The zero-order valence-electron chi connectivity index (χ0n) is 10.7. The Balaban J connectivity index is 1.91. The molecule has 1 fully saturated rings. The van der Waals surface area contributed by atoms with Crippen molar-refractivity contribution in [2.75, 3.05) is 26.2 Å². The summed E-state index contributed by atoms with van der Waals surface area (Å²) in [7, 11) is 0. The van der Waals surface area contributed by atoms with Gasteiger partial charge in [-0.3, -0.25) is 9.69 Å². The van der Waals surface area contributed by atoms with Crippen molar-refractivity contribution in [1.82, 2.24) is 25.2 Å². The number of hydrogen-bond donors (Lipinski definition) is 3. The number of H-pyrrole nitrogens is 1. The average Bonchev–Trinajstić information content (AvgIpc) is 2.99. The molecular weight excluding hydrogens is 250 g/mol. The van der Waals surface area contributed by atoms with Crippen molar-refractivity contribution in [2.45, 2.75) is 13.0 Å². The van der Waals surface area contributed by atoms with Gasteiger partial charge in [0.1, 0.15) is 0 Å². The molecule has 1 aliphatic heterocycles. The predicted molar refractivity (Wildman–Crippen MR) is 66.7 cm³/mol. The van der Waals surface area contributed by atoms with Crippen LogP contribution in [0.3, 0.4) is 0 Å². The van der Waals surface area contributed by atoms with Crippen LogP contribution in [0.4, 0.5) is 0 Å². The molecule has 0 bridgehead atoms. The summed E-state index contributed by atoms with van der Waals surface area (Å²) >= 11 is 0. The molecule has 9 nitrogen and oxygen atoms in total. The van der Waals surface area contributed by atoms with Crippen LogP contribution in [0.15, 0.2) is 11.4 Å². The van der Waals surface area contributed by atoms with Crippen molar-refractivity contribution in [1.29, 1.82) is 0 Å². The van der Waals surface area contributed by atoms with E-state index in [0.717, 1.165) is 0 Å².